The topological polar surface area (TPSA) is 149 Å². The first kappa shape index (κ1) is 30.5. The molecule has 12 heteroatoms. The molecule has 4 atom stereocenters. The van der Waals surface area contributed by atoms with Crippen LogP contribution in [0.4, 0.5) is 0 Å². The van der Waals surface area contributed by atoms with Crippen LogP contribution in [0.25, 0.3) is 0 Å². The molecule has 228 valence electrons. The summed E-state index contributed by atoms with van der Waals surface area (Å²) in [4.78, 5) is 35.8. The second-order valence-corrected chi connectivity index (χ2v) is 12.0. The molecule has 0 radical (unpaired) electrons. The Morgan fingerprint density at radius 2 is 1.67 bits per heavy atom. The number of fused-ring (bicyclic) bond motifs is 1. The molecule has 2 aliphatic rings. The molecule has 1 heterocycles. The predicted molar refractivity (Wildman–Crippen MR) is 159 cm³/mol. The molecule has 2 amide bonds. The summed E-state index contributed by atoms with van der Waals surface area (Å²) in [5.41, 5.74) is 4.93. The number of hydroxylamine groups is 1. The van der Waals surface area contributed by atoms with E-state index in [1.165, 1.54) is 14.2 Å². The molecule has 1 aliphatic carbocycles. The Balaban J connectivity index is 1.63. The van der Waals surface area contributed by atoms with Crippen LogP contribution in [0.2, 0.25) is 0 Å². The van der Waals surface area contributed by atoms with Gasteiger partial charge in [-0.15, -0.1) is 0 Å². The average Bonchev–Trinajstić information content (AvgIpc) is 3.01. The summed E-state index contributed by atoms with van der Waals surface area (Å²) in [6, 6.07) is 19.5. The van der Waals surface area contributed by atoms with E-state index in [-0.39, 0.29) is 12.5 Å². The van der Waals surface area contributed by atoms with Crippen molar-refractivity contribution in [3.05, 3.63) is 95.1 Å². The third kappa shape index (κ3) is 6.67. The minimum absolute atomic E-state index is 0.142. The van der Waals surface area contributed by atoms with Gasteiger partial charge in [-0.25, -0.2) is 10.6 Å². The molecule has 1 aliphatic heterocycles. The van der Waals surface area contributed by atoms with Crippen molar-refractivity contribution in [1.82, 2.24) is 15.1 Å². The van der Waals surface area contributed by atoms with Gasteiger partial charge in [0.15, 0.2) is 0 Å². The van der Waals surface area contributed by atoms with Crippen LogP contribution < -0.4 is 24.8 Å². The SMILES string of the molecule is COc1ccc([C@H]2[C@H](C(=O)NOCc3ccccc3)c3ccccc3C(=O)N2[C@H]2CCCC[C@@H]2NS(N)(=O)=O)c(OC)c1. The van der Waals surface area contributed by atoms with E-state index in [0.29, 0.717) is 41.0 Å². The molecule has 5 rings (SSSR count). The fourth-order valence-electron chi connectivity index (χ4n) is 6.21. The number of nitrogens with zero attached hydrogens (tertiary/aromatic N) is 1. The van der Waals surface area contributed by atoms with Gasteiger partial charge in [0.2, 0.25) is 0 Å². The molecule has 0 bridgehead atoms. The van der Waals surface area contributed by atoms with E-state index in [0.717, 1.165) is 18.4 Å². The van der Waals surface area contributed by atoms with Crippen molar-refractivity contribution in [2.45, 2.75) is 56.3 Å². The van der Waals surface area contributed by atoms with Gasteiger partial charge in [0.05, 0.1) is 32.8 Å². The lowest BCUT2D eigenvalue weighted by Crippen LogP contribution is -2.59. The number of carbonyl (C=O) groups excluding carboxylic acids is 2. The first-order valence-corrected chi connectivity index (χ1v) is 15.7. The smallest absolute Gasteiger partial charge is 0.274 e. The van der Waals surface area contributed by atoms with E-state index < -0.39 is 40.2 Å². The summed E-state index contributed by atoms with van der Waals surface area (Å²) in [7, 11) is -1.03. The number of methoxy groups -OCH3 is 2. The van der Waals surface area contributed by atoms with Gasteiger partial charge >= 0.3 is 0 Å². The zero-order valence-electron chi connectivity index (χ0n) is 24.1. The molecule has 11 nitrogen and oxygen atoms in total. The number of hydrogen-bond donors (Lipinski definition) is 3. The molecule has 0 saturated heterocycles. The van der Waals surface area contributed by atoms with E-state index in [1.54, 1.807) is 47.4 Å². The largest absolute Gasteiger partial charge is 0.497 e. The van der Waals surface area contributed by atoms with Crippen LogP contribution in [0.15, 0.2) is 72.8 Å². The molecule has 43 heavy (non-hydrogen) atoms. The molecular weight excluding hydrogens is 572 g/mol. The molecule has 0 spiro atoms. The van der Waals surface area contributed by atoms with Crippen molar-refractivity contribution >= 4 is 22.0 Å². The first-order valence-electron chi connectivity index (χ1n) is 14.1. The number of carbonyl (C=O) groups is 2. The third-order valence-electron chi connectivity index (χ3n) is 8.07. The van der Waals surface area contributed by atoms with Crippen LogP contribution in [0.1, 0.15) is 64.7 Å². The highest BCUT2D eigenvalue weighted by Crippen LogP contribution is 2.48. The maximum Gasteiger partial charge on any atom is 0.274 e. The summed E-state index contributed by atoms with van der Waals surface area (Å²) >= 11 is 0. The highest BCUT2D eigenvalue weighted by Gasteiger charge is 2.49. The van der Waals surface area contributed by atoms with Crippen molar-refractivity contribution in [1.29, 1.82) is 0 Å². The molecule has 3 aromatic rings. The number of nitrogens with one attached hydrogen (secondary N) is 2. The lowest BCUT2D eigenvalue weighted by molar-refractivity contribution is -0.138. The maximum absolute atomic E-state index is 14.4. The maximum atomic E-state index is 14.4. The van der Waals surface area contributed by atoms with E-state index in [2.05, 4.69) is 10.2 Å². The molecule has 1 saturated carbocycles. The Morgan fingerprint density at radius 1 is 0.953 bits per heavy atom. The Hall–Kier alpha value is -3.97. The fraction of sp³-hybridized carbons (Fsp3) is 0.355. The van der Waals surface area contributed by atoms with Crippen LogP contribution in [0.3, 0.4) is 0 Å². The lowest BCUT2D eigenvalue weighted by atomic mass is 9.76. The minimum Gasteiger partial charge on any atom is -0.497 e. The lowest BCUT2D eigenvalue weighted by Gasteiger charge is -2.49. The van der Waals surface area contributed by atoms with Crippen molar-refractivity contribution < 1.29 is 32.3 Å². The highest BCUT2D eigenvalue weighted by molar-refractivity contribution is 7.87. The Bertz CT molecular complexity index is 1570. The summed E-state index contributed by atoms with van der Waals surface area (Å²) in [6.07, 6.45) is 2.52. The standard InChI is InChI=1S/C31H36N4O7S/c1-40-21-16-17-24(27(18-21)41-2)29-28(30(36)33-42-19-20-10-4-3-5-11-20)22-12-6-7-13-23(22)31(37)35(29)26-15-9-8-14-25(26)34-43(32,38)39/h3-7,10-13,16-18,25-26,28-29,34H,8-9,14-15,19H2,1-2H3,(H,33,36)(H2,32,38,39)/t25-,26-,28+,29-/m0/s1. The van der Waals surface area contributed by atoms with Gasteiger partial charge in [0.1, 0.15) is 11.5 Å². The first-order chi connectivity index (χ1) is 20.7. The second-order valence-electron chi connectivity index (χ2n) is 10.7. The predicted octanol–water partition coefficient (Wildman–Crippen LogP) is 3.34. The fourth-order valence-corrected chi connectivity index (χ4v) is 6.91. The number of amides is 2. The van der Waals surface area contributed by atoms with Crippen LogP contribution in [-0.4, -0.2) is 51.4 Å². The number of rotatable bonds is 10. The van der Waals surface area contributed by atoms with Crippen molar-refractivity contribution in [2.75, 3.05) is 14.2 Å². The van der Waals surface area contributed by atoms with E-state index >= 15 is 0 Å². The van der Waals surface area contributed by atoms with Crippen molar-refractivity contribution in [2.24, 2.45) is 5.14 Å². The van der Waals surface area contributed by atoms with Gasteiger partial charge in [0.25, 0.3) is 22.0 Å². The summed E-state index contributed by atoms with van der Waals surface area (Å²) in [6.45, 7) is 0.142. The average molecular weight is 609 g/mol. The monoisotopic (exact) mass is 608 g/mol. The zero-order chi connectivity index (χ0) is 30.6. The third-order valence-corrected chi connectivity index (χ3v) is 8.71. The number of benzene rings is 3. The van der Waals surface area contributed by atoms with E-state index in [1.807, 2.05) is 30.3 Å². The molecule has 4 N–H and O–H groups in total. The summed E-state index contributed by atoms with van der Waals surface area (Å²) in [5.74, 6) is -0.759. The van der Waals surface area contributed by atoms with Gasteiger partial charge in [-0.05, 0) is 42.2 Å². The minimum atomic E-state index is -4.07. The van der Waals surface area contributed by atoms with Crippen LogP contribution in [0.5, 0.6) is 11.5 Å². The second kappa shape index (κ2) is 13.1. The number of nitrogens with two attached hydrogens (primary N) is 1. The Kier molecular flexibility index (Phi) is 9.31. The molecule has 0 aromatic heterocycles. The van der Waals surface area contributed by atoms with Gasteiger partial charge in [-0.1, -0.05) is 61.4 Å². The van der Waals surface area contributed by atoms with Crippen molar-refractivity contribution in [3.63, 3.8) is 0 Å². The molecule has 0 unspecified atom stereocenters. The molecule has 3 aromatic carbocycles. The zero-order valence-corrected chi connectivity index (χ0v) is 24.9. The number of hydrogen-bond acceptors (Lipinski definition) is 7. The van der Waals surface area contributed by atoms with Crippen LogP contribution in [-0.2, 0) is 26.4 Å². The van der Waals surface area contributed by atoms with E-state index in [4.69, 9.17) is 19.5 Å². The highest BCUT2D eigenvalue weighted by atomic mass is 32.2. The van der Waals surface area contributed by atoms with E-state index in [9.17, 15) is 18.0 Å². The Morgan fingerprint density at radius 3 is 2.40 bits per heavy atom. The summed E-state index contributed by atoms with van der Waals surface area (Å²) in [5, 5.41) is 5.41. The normalized spacial score (nSPS) is 22.0. The van der Waals surface area contributed by atoms with Crippen LogP contribution >= 0.6 is 0 Å². The molecular formula is C31H36N4O7S. The van der Waals surface area contributed by atoms with Gasteiger partial charge < -0.3 is 14.4 Å². The van der Waals surface area contributed by atoms with Crippen LogP contribution in [0, 0.1) is 0 Å². The Labute approximate surface area is 251 Å². The van der Waals surface area contributed by atoms with Gasteiger partial charge in [0, 0.05) is 29.3 Å². The van der Waals surface area contributed by atoms with Gasteiger partial charge in [-0.3, -0.25) is 14.4 Å². The van der Waals surface area contributed by atoms with Gasteiger partial charge in [-0.2, -0.15) is 13.1 Å². The van der Waals surface area contributed by atoms with Crippen molar-refractivity contribution in [3.8, 4) is 11.5 Å². The summed E-state index contributed by atoms with van der Waals surface area (Å²) < 4.78 is 38.1. The molecule has 1 fully saturated rings. The number of ether oxygens (including phenoxy) is 2. The quantitative estimate of drug-likeness (QED) is 0.299.